The lowest BCUT2D eigenvalue weighted by Crippen LogP contribution is -2.24. The molecule has 0 aliphatic heterocycles. The van der Waals surface area contributed by atoms with E-state index in [1.54, 1.807) is 18.2 Å². The van der Waals surface area contributed by atoms with Crippen molar-refractivity contribution in [3.05, 3.63) is 29.3 Å². The van der Waals surface area contributed by atoms with Crippen LogP contribution >= 0.6 is 0 Å². The molecule has 0 aromatic heterocycles. The number of carbonyl (C=O) groups is 1. The fourth-order valence-corrected chi connectivity index (χ4v) is 2.51. The Bertz CT molecular complexity index is 615. The maximum Gasteiger partial charge on any atom is 0.239 e. The van der Waals surface area contributed by atoms with Crippen molar-refractivity contribution in [3.8, 4) is 6.07 Å². The Hall–Kier alpha value is -1.87. The highest BCUT2D eigenvalue weighted by Crippen LogP contribution is 2.14. The maximum atomic E-state index is 11.6. The van der Waals surface area contributed by atoms with Crippen LogP contribution in [-0.4, -0.2) is 25.8 Å². The third kappa shape index (κ3) is 5.10. The van der Waals surface area contributed by atoms with Gasteiger partial charge < -0.3 is 5.32 Å². The zero-order valence-electron chi connectivity index (χ0n) is 10.9. The molecule has 0 unspecified atom stereocenters. The zero-order chi connectivity index (χ0) is 14.5. The molecule has 6 heteroatoms. The average Bonchev–Trinajstić information content (AvgIpc) is 2.30. The summed E-state index contributed by atoms with van der Waals surface area (Å²) in [5.74, 6) is -1.47. The second kappa shape index (κ2) is 6.34. The molecule has 0 saturated carbocycles. The molecule has 0 heterocycles. The molecule has 0 atom stereocenters. The van der Waals surface area contributed by atoms with Crippen molar-refractivity contribution in [2.24, 2.45) is 0 Å². The molecule has 0 radical (unpaired) electrons. The molecule has 5 nitrogen and oxygen atoms in total. The highest BCUT2D eigenvalue weighted by atomic mass is 32.2. The number of nitrogens with zero attached hydrogens (tertiary/aromatic N) is 1. The van der Waals surface area contributed by atoms with Gasteiger partial charge >= 0.3 is 0 Å². The van der Waals surface area contributed by atoms with Gasteiger partial charge in [0.2, 0.25) is 5.91 Å². The molecule has 19 heavy (non-hydrogen) atoms. The van der Waals surface area contributed by atoms with Crippen LogP contribution in [0.3, 0.4) is 0 Å². The number of nitriles is 1. The molecule has 0 saturated heterocycles. The van der Waals surface area contributed by atoms with Crippen LogP contribution in [-0.2, 0) is 14.6 Å². The summed E-state index contributed by atoms with van der Waals surface area (Å²) in [6.07, 6.45) is -0.0980. The molecule has 1 rings (SSSR count). The van der Waals surface area contributed by atoms with Crippen molar-refractivity contribution >= 4 is 21.4 Å². The standard InChI is InChI=1S/C13H16N2O3S/c1-10-4-5-12(8-11(10)2)15-13(16)9-19(17,18)7-3-6-14/h4-5,8H,3,7,9H2,1-2H3,(H,15,16). The van der Waals surface area contributed by atoms with Crippen LogP contribution in [0.15, 0.2) is 18.2 Å². The van der Waals surface area contributed by atoms with Gasteiger partial charge in [-0.2, -0.15) is 5.26 Å². The van der Waals surface area contributed by atoms with Gasteiger partial charge in [-0.05, 0) is 37.1 Å². The third-order valence-electron chi connectivity index (χ3n) is 2.67. The number of carbonyl (C=O) groups excluding carboxylic acids is 1. The maximum absolute atomic E-state index is 11.6. The fourth-order valence-electron chi connectivity index (χ4n) is 1.49. The first-order valence-electron chi connectivity index (χ1n) is 5.78. The lowest BCUT2D eigenvalue weighted by molar-refractivity contribution is -0.113. The Morgan fingerprint density at radius 3 is 2.58 bits per heavy atom. The van der Waals surface area contributed by atoms with Gasteiger partial charge in [-0.3, -0.25) is 4.79 Å². The quantitative estimate of drug-likeness (QED) is 0.886. The molecule has 1 amide bonds. The first-order chi connectivity index (χ1) is 8.84. The molecule has 0 aliphatic carbocycles. The molecule has 0 fully saturated rings. The van der Waals surface area contributed by atoms with Crippen LogP contribution in [0.1, 0.15) is 17.5 Å². The van der Waals surface area contributed by atoms with E-state index in [0.717, 1.165) is 11.1 Å². The van der Waals surface area contributed by atoms with E-state index in [1.807, 2.05) is 19.9 Å². The fraction of sp³-hybridized carbons (Fsp3) is 0.385. The number of hydrogen-bond acceptors (Lipinski definition) is 4. The van der Waals surface area contributed by atoms with Crippen molar-refractivity contribution in [1.82, 2.24) is 0 Å². The van der Waals surface area contributed by atoms with Crippen LogP contribution in [0.5, 0.6) is 0 Å². The molecular formula is C13H16N2O3S. The molecule has 1 N–H and O–H groups in total. The SMILES string of the molecule is Cc1ccc(NC(=O)CS(=O)(=O)CCC#N)cc1C. The average molecular weight is 280 g/mol. The van der Waals surface area contributed by atoms with E-state index in [-0.39, 0.29) is 12.2 Å². The molecule has 1 aromatic carbocycles. The van der Waals surface area contributed by atoms with E-state index in [2.05, 4.69) is 5.32 Å². The van der Waals surface area contributed by atoms with Crippen molar-refractivity contribution in [2.75, 3.05) is 16.8 Å². The van der Waals surface area contributed by atoms with Crippen molar-refractivity contribution in [2.45, 2.75) is 20.3 Å². The van der Waals surface area contributed by atoms with Crippen LogP contribution in [0.4, 0.5) is 5.69 Å². The lowest BCUT2D eigenvalue weighted by Gasteiger charge is -2.07. The van der Waals surface area contributed by atoms with E-state index < -0.39 is 21.5 Å². The normalized spacial score (nSPS) is 10.8. The highest BCUT2D eigenvalue weighted by molar-refractivity contribution is 7.92. The predicted molar refractivity (Wildman–Crippen MR) is 73.4 cm³/mol. The van der Waals surface area contributed by atoms with Crippen LogP contribution in [0.2, 0.25) is 0 Å². The summed E-state index contributed by atoms with van der Waals surface area (Å²) in [7, 11) is -3.52. The minimum atomic E-state index is -3.52. The summed E-state index contributed by atoms with van der Waals surface area (Å²) in [6, 6.07) is 7.12. The molecular weight excluding hydrogens is 264 g/mol. The Morgan fingerprint density at radius 1 is 1.32 bits per heavy atom. The minimum Gasteiger partial charge on any atom is -0.325 e. The smallest absolute Gasteiger partial charge is 0.239 e. The molecule has 0 bridgehead atoms. The Morgan fingerprint density at radius 2 is 2.00 bits per heavy atom. The summed E-state index contributed by atoms with van der Waals surface area (Å²) in [4.78, 5) is 11.6. The second-order valence-corrected chi connectivity index (χ2v) is 6.53. The largest absolute Gasteiger partial charge is 0.325 e. The van der Waals surface area contributed by atoms with Crippen LogP contribution in [0.25, 0.3) is 0 Å². The predicted octanol–water partition coefficient (Wildman–Crippen LogP) is 1.57. The van der Waals surface area contributed by atoms with Crippen molar-refractivity contribution < 1.29 is 13.2 Å². The molecule has 102 valence electrons. The Kier molecular flexibility index (Phi) is 5.07. The molecule has 0 spiro atoms. The van der Waals surface area contributed by atoms with Gasteiger partial charge in [0.15, 0.2) is 9.84 Å². The van der Waals surface area contributed by atoms with Crippen molar-refractivity contribution in [3.63, 3.8) is 0 Å². The number of hydrogen-bond donors (Lipinski definition) is 1. The topological polar surface area (TPSA) is 87.0 Å². The zero-order valence-corrected chi connectivity index (χ0v) is 11.8. The highest BCUT2D eigenvalue weighted by Gasteiger charge is 2.16. The summed E-state index contributed by atoms with van der Waals surface area (Å²) in [5.41, 5.74) is 2.69. The van der Waals surface area contributed by atoms with Gasteiger partial charge in [-0.25, -0.2) is 8.42 Å². The number of anilines is 1. The van der Waals surface area contributed by atoms with Crippen molar-refractivity contribution in [1.29, 1.82) is 5.26 Å². The minimum absolute atomic E-state index is 0.0980. The third-order valence-corrected chi connectivity index (χ3v) is 4.19. The van der Waals surface area contributed by atoms with Gasteiger partial charge in [0, 0.05) is 12.1 Å². The monoisotopic (exact) mass is 280 g/mol. The number of rotatable bonds is 5. The van der Waals surface area contributed by atoms with Gasteiger partial charge in [0.25, 0.3) is 0 Å². The van der Waals surface area contributed by atoms with Gasteiger partial charge in [-0.1, -0.05) is 6.07 Å². The summed E-state index contributed by atoms with van der Waals surface area (Å²) in [5, 5.41) is 10.9. The number of amides is 1. The van der Waals surface area contributed by atoms with Gasteiger partial charge in [0.1, 0.15) is 5.75 Å². The number of nitrogens with one attached hydrogen (secondary N) is 1. The van der Waals surface area contributed by atoms with E-state index in [0.29, 0.717) is 5.69 Å². The summed E-state index contributed by atoms with van der Waals surface area (Å²) >= 11 is 0. The number of aryl methyl sites for hydroxylation is 2. The lowest BCUT2D eigenvalue weighted by atomic mass is 10.1. The van der Waals surface area contributed by atoms with E-state index >= 15 is 0 Å². The first-order valence-corrected chi connectivity index (χ1v) is 7.60. The second-order valence-electron chi connectivity index (χ2n) is 4.35. The molecule has 0 aliphatic rings. The van der Waals surface area contributed by atoms with Crippen LogP contribution in [0, 0.1) is 25.2 Å². The number of sulfone groups is 1. The van der Waals surface area contributed by atoms with Gasteiger partial charge in [-0.15, -0.1) is 0 Å². The Labute approximate surface area is 113 Å². The first kappa shape index (κ1) is 15.2. The summed E-state index contributed by atoms with van der Waals surface area (Å²) in [6.45, 7) is 3.86. The van der Waals surface area contributed by atoms with E-state index in [4.69, 9.17) is 5.26 Å². The molecule has 1 aromatic rings. The Balaban J connectivity index is 2.65. The van der Waals surface area contributed by atoms with E-state index in [1.165, 1.54) is 0 Å². The van der Waals surface area contributed by atoms with Crippen LogP contribution < -0.4 is 5.32 Å². The number of benzene rings is 1. The summed E-state index contributed by atoms with van der Waals surface area (Å²) < 4.78 is 23.0. The van der Waals surface area contributed by atoms with E-state index in [9.17, 15) is 13.2 Å². The van der Waals surface area contributed by atoms with Gasteiger partial charge in [0.05, 0.1) is 11.8 Å².